The molecule has 0 aliphatic carbocycles. The standard InChI is InChI=1S/C14H19N3O2S2/c1-10-16-13-5-4-12(9-14(13)20-10)21(18,19)17-7-2-3-11(15)6-8-17/h4-5,9,11H,2-3,6-8,15H2,1H3/t11-/m1/s1. The van der Waals surface area contributed by atoms with Crippen LogP contribution in [0.5, 0.6) is 0 Å². The molecule has 1 aliphatic heterocycles. The summed E-state index contributed by atoms with van der Waals surface area (Å²) in [4.78, 5) is 4.72. The maximum absolute atomic E-state index is 12.8. The first-order valence-electron chi connectivity index (χ1n) is 7.10. The van der Waals surface area contributed by atoms with Gasteiger partial charge in [0.05, 0.1) is 20.1 Å². The third kappa shape index (κ3) is 2.96. The van der Waals surface area contributed by atoms with Crippen molar-refractivity contribution in [3.63, 3.8) is 0 Å². The van der Waals surface area contributed by atoms with E-state index in [0.717, 1.165) is 34.5 Å². The molecular weight excluding hydrogens is 306 g/mol. The fourth-order valence-electron chi connectivity index (χ4n) is 2.67. The van der Waals surface area contributed by atoms with Gasteiger partial charge in [0.25, 0.3) is 0 Å². The number of thiazole rings is 1. The molecule has 0 radical (unpaired) electrons. The number of hydrogen-bond acceptors (Lipinski definition) is 5. The van der Waals surface area contributed by atoms with Crippen LogP contribution in [0.2, 0.25) is 0 Å². The fourth-order valence-corrected chi connectivity index (χ4v) is 5.13. The lowest BCUT2D eigenvalue weighted by Crippen LogP contribution is -2.32. The Morgan fingerprint density at radius 2 is 2.14 bits per heavy atom. The van der Waals surface area contributed by atoms with Crippen molar-refractivity contribution in [3.8, 4) is 0 Å². The second-order valence-electron chi connectivity index (χ2n) is 5.46. The van der Waals surface area contributed by atoms with E-state index in [2.05, 4.69) is 4.98 Å². The van der Waals surface area contributed by atoms with Crippen molar-refractivity contribution >= 4 is 31.6 Å². The van der Waals surface area contributed by atoms with Crippen LogP contribution in [-0.2, 0) is 10.0 Å². The maximum atomic E-state index is 12.8. The van der Waals surface area contributed by atoms with Crippen LogP contribution in [0.25, 0.3) is 10.2 Å². The minimum Gasteiger partial charge on any atom is -0.328 e. The van der Waals surface area contributed by atoms with Gasteiger partial charge in [-0.2, -0.15) is 4.31 Å². The predicted molar refractivity (Wildman–Crippen MR) is 84.9 cm³/mol. The Kier molecular flexibility index (Phi) is 4.00. The van der Waals surface area contributed by atoms with Gasteiger partial charge in [0, 0.05) is 19.1 Å². The van der Waals surface area contributed by atoms with E-state index in [1.165, 1.54) is 11.3 Å². The van der Waals surface area contributed by atoms with Crippen molar-refractivity contribution in [2.75, 3.05) is 13.1 Å². The summed E-state index contributed by atoms with van der Waals surface area (Å²) < 4.78 is 28.0. The molecule has 0 amide bonds. The molecule has 1 saturated heterocycles. The molecule has 1 aromatic heterocycles. The van der Waals surface area contributed by atoms with Gasteiger partial charge in [-0.1, -0.05) is 0 Å². The molecule has 2 heterocycles. The van der Waals surface area contributed by atoms with Gasteiger partial charge >= 0.3 is 0 Å². The van der Waals surface area contributed by atoms with Crippen molar-refractivity contribution in [2.45, 2.75) is 37.1 Å². The molecule has 114 valence electrons. The van der Waals surface area contributed by atoms with E-state index in [1.54, 1.807) is 22.5 Å². The zero-order valence-corrected chi connectivity index (χ0v) is 13.6. The lowest BCUT2D eigenvalue weighted by atomic mass is 10.1. The van der Waals surface area contributed by atoms with E-state index in [-0.39, 0.29) is 6.04 Å². The zero-order valence-electron chi connectivity index (χ0n) is 11.9. The van der Waals surface area contributed by atoms with Crippen LogP contribution in [-0.4, -0.2) is 36.8 Å². The molecule has 0 bridgehead atoms. The summed E-state index contributed by atoms with van der Waals surface area (Å²) in [5.41, 5.74) is 6.78. The van der Waals surface area contributed by atoms with Gasteiger partial charge in [-0.3, -0.25) is 0 Å². The van der Waals surface area contributed by atoms with Gasteiger partial charge in [0.2, 0.25) is 10.0 Å². The number of aryl methyl sites for hydroxylation is 1. The lowest BCUT2D eigenvalue weighted by molar-refractivity contribution is 0.421. The summed E-state index contributed by atoms with van der Waals surface area (Å²) in [6.07, 6.45) is 2.43. The number of sulfonamides is 1. The third-order valence-electron chi connectivity index (χ3n) is 3.84. The first-order valence-corrected chi connectivity index (χ1v) is 9.35. The SMILES string of the molecule is Cc1nc2ccc(S(=O)(=O)N3CCC[C@@H](N)CC3)cc2s1. The van der Waals surface area contributed by atoms with Crippen LogP contribution in [0, 0.1) is 6.92 Å². The molecule has 1 aliphatic rings. The van der Waals surface area contributed by atoms with Crippen LogP contribution in [0.1, 0.15) is 24.3 Å². The molecule has 1 atom stereocenters. The van der Waals surface area contributed by atoms with Crippen LogP contribution >= 0.6 is 11.3 Å². The van der Waals surface area contributed by atoms with Crippen molar-refractivity contribution in [1.82, 2.24) is 9.29 Å². The van der Waals surface area contributed by atoms with Gasteiger partial charge in [-0.25, -0.2) is 13.4 Å². The molecule has 2 N–H and O–H groups in total. The smallest absolute Gasteiger partial charge is 0.243 e. The molecule has 0 spiro atoms. The molecule has 1 aromatic carbocycles. The van der Waals surface area contributed by atoms with E-state index >= 15 is 0 Å². The van der Waals surface area contributed by atoms with Gasteiger partial charge in [-0.05, 0) is 44.4 Å². The summed E-state index contributed by atoms with van der Waals surface area (Å²) in [5.74, 6) is 0. The van der Waals surface area contributed by atoms with Crippen molar-refractivity contribution in [2.24, 2.45) is 5.73 Å². The quantitative estimate of drug-likeness (QED) is 0.917. The highest BCUT2D eigenvalue weighted by Gasteiger charge is 2.27. The zero-order chi connectivity index (χ0) is 15.0. The predicted octanol–water partition coefficient (Wildman–Crippen LogP) is 2.11. The largest absolute Gasteiger partial charge is 0.328 e. The minimum absolute atomic E-state index is 0.108. The molecule has 0 saturated carbocycles. The second kappa shape index (κ2) is 5.64. The molecule has 21 heavy (non-hydrogen) atoms. The summed E-state index contributed by atoms with van der Waals surface area (Å²) in [6, 6.07) is 5.29. The van der Waals surface area contributed by atoms with Crippen LogP contribution in [0.3, 0.4) is 0 Å². The Balaban J connectivity index is 1.95. The van der Waals surface area contributed by atoms with Crippen LogP contribution in [0.4, 0.5) is 0 Å². The fraction of sp³-hybridized carbons (Fsp3) is 0.500. The average Bonchev–Trinajstić information content (AvgIpc) is 2.66. The normalized spacial score (nSPS) is 21.5. The molecule has 0 unspecified atom stereocenters. The monoisotopic (exact) mass is 325 g/mol. The van der Waals surface area contributed by atoms with Crippen molar-refractivity contribution < 1.29 is 8.42 Å². The molecule has 1 fully saturated rings. The molecular formula is C14H19N3O2S2. The molecule has 5 nitrogen and oxygen atoms in total. The Morgan fingerprint density at radius 3 is 2.95 bits per heavy atom. The number of benzene rings is 1. The number of nitrogens with zero attached hydrogens (tertiary/aromatic N) is 2. The number of hydrogen-bond donors (Lipinski definition) is 1. The Labute approximate surface area is 128 Å². The van der Waals surface area contributed by atoms with Crippen LogP contribution in [0.15, 0.2) is 23.1 Å². The van der Waals surface area contributed by atoms with E-state index in [9.17, 15) is 8.42 Å². The van der Waals surface area contributed by atoms with E-state index in [4.69, 9.17) is 5.73 Å². The first-order chi connectivity index (χ1) is 9.96. The number of nitrogens with two attached hydrogens (primary N) is 1. The van der Waals surface area contributed by atoms with E-state index in [0.29, 0.717) is 18.0 Å². The number of fused-ring (bicyclic) bond motifs is 1. The maximum Gasteiger partial charge on any atom is 0.243 e. The highest BCUT2D eigenvalue weighted by Crippen LogP contribution is 2.27. The number of aromatic nitrogens is 1. The van der Waals surface area contributed by atoms with Crippen LogP contribution < -0.4 is 5.73 Å². The Bertz CT molecular complexity index is 755. The average molecular weight is 325 g/mol. The summed E-state index contributed by atoms with van der Waals surface area (Å²) in [5, 5.41) is 0.945. The second-order valence-corrected chi connectivity index (χ2v) is 8.63. The van der Waals surface area contributed by atoms with Gasteiger partial charge in [0.1, 0.15) is 0 Å². The topological polar surface area (TPSA) is 76.3 Å². The highest BCUT2D eigenvalue weighted by molar-refractivity contribution is 7.89. The lowest BCUT2D eigenvalue weighted by Gasteiger charge is -2.20. The summed E-state index contributed by atoms with van der Waals surface area (Å²) in [6.45, 7) is 2.98. The molecule has 7 heteroatoms. The van der Waals surface area contributed by atoms with E-state index in [1.807, 2.05) is 6.92 Å². The Morgan fingerprint density at radius 1 is 1.33 bits per heavy atom. The van der Waals surface area contributed by atoms with E-state index < -0.39 is 10.0 Å². The van der Waals surface area contributed by atoms with Gasteiger partial charge in [0.15, 0.2) is 0 Å². The third-order valence-corrected chi connectivity index (χ3v) is 6.66. The Hall–Kier alpha value is -1.02. The highest BCUT2D eigenvalue weighted by atomic mass is 32.2. The molecule has 3 rings (SSSR count). The molecule has 2 aromatic rings. The van der Waals surface area contributed by atoms with Crippen molar-refractivity contribution in [1.29, 1.82) is 0 Å². The summed E-state index contributed by atoms with van der Waals surface area (Å²) in [7, 11) is -3.43. The summed E-state index contributed by atoms with van der Waals surface area (Å²) >= 11 is 1.52. The first kappa shape index (κ1) is 14.9. The minimum atomic E-state index is -3.43. The van der Waals surface area contributed by atoms with Gasteiger partial charge in [-0.15, -0.1) is 11.3 Å². The number of rotatable bonds is 2. The van der Waals surface area contributed by atoms with Gasteiger partial charge < -0.3 is 5.73 Å². The van der Waals surface area contributed by atoms with Crippen molar-refractivity contribution in [3.05, 3.63) is 23.2 Å².